The maximum absolute atomic E-state index is 14.3. The van der Waals surface area contributed by atoms with Crippen molar-refractivity contribution in [3.63, 3.8) is 0 Å². The summed E-state index contributed by atoms with van der Waals surface area (Å²) in [5, 5.41) is 0.184. The van der Waals surface area contributed by atoms with E-state index in [0.29, 0.717) is 18.2 Å². The Balaban J connectivity index is 2.31. The molecule has 0 radical (unpaired) electrons. The minimum atomic E-state index is -0.316. The Labute approximate surface area is 126 Å². The Morgan fingerprint density at radius 3 is 2.90 bits per heavy atom. The first kappa shape index (κ1) is 15.7. The van der Waals surface area contributed by atoms with Crippen LogP contribution < -0.4 is 5.73 Å². The Morgan fingerprint density at radius 2 is 2.20 bits per heavy atom. The fourth-order valence-corrected chi connectivity index (χ4v) is 3.45. The van der Waals surface area contributed by atoms with E-state index in [-0.39, 0.29) is 16.9 Å². The average Bonchev–Trinajstić information content (AvgIpc) is 2.69. The van der Waals surface area contributed by atoms with E-state index in [1.165, 1.54) is 19.3 Å². The lowest BCUT2D eigenvalue weighted by atomic mass is 10.00. The van der Waals surface area contributed by atoms with Crippen molar-refractivity contribution in [2.45, 2.75) is 51.1 Å². The lowest BCUT2D eigenvalue weighted by Gasteiger charge is -2.36. The van der Waals surface area contributed by atoms with Crippen molar-refractivity contribution in [3.8, 4) is 0 Å². The maximum atomic E-state index is 14.3. The van der Waals surface area contributed by atoms with Gasteiger partial charge in [-0.3, -0.25) is 4.90 Å². The third-order valence-corrected chi connectivity index (χ3v) is 4.65. The summed E-state index contributed by atoms with van der Waals surface area (Å²) in [6.07, 6.45) is 5.93. The molecule has 1 aromatic rings. The first-order chi connectivity index (χ1) is 9.69. The van der Waals surface area contributed by atoms with Gasteiger partial charge >= 0.3 is 0 Å². The number of nitrogens with two attached hydrogens (primary N) is 1. The van der Waals surface area contributed by atoms with Crippen molar-refractivity contribution in [1.82, 2.24) is 4.90 Å². The Kier molecular flexibility index (Phi) is 5.82. The van der Waals surface area contributed by atoms with Crippen molar-refractivity contribution >= 4 is 11.6 Å². The van der Waals surface area contributed by atoms with Crippen LogP contribution >= 0.6 is 11.6 Å². The summed E-state index contributed by atoms with van der Waals surface area (Å²) < 4.78 is 14.3. The quantitative estimate of drug-likeness (QED) is 0.905. The maximum Gasteiger partial charge on any atom is 0.146 e. The summed E-state index contributed by atoms with van der Waals surface area (Å²) in [4.78, 5) is 2.39. The molecule has 20 heavy (non-hydrogen) atoms. The smallest absolute Gasteiger partial charge is 0.146 e. The summed E-state index contributed by atoms with van der Waals surface area (Å²) in [5.41, 5.74) is 6.61. The average molecular weight is 299 g/mol. The molecule has 0 bridgehead atoms. The molecule has 1 saturated heterocycles. The molecule has 1 aromatic carbocycles. The van der Waals surface area contributed by atoms with E-state index in [0.717, 1.165) is 19.4 Å². The molecule has 1 aliphatic heterocycles. The minimum absolute atomic E-state index is 0.0725. The molecule has 2 unspecified atom stereocenters. The third kappa shape index (κ3) is 3.33. The third-order valence-electron chi connectivity index (χ3n) is 4.36. The van der Waals surface area contributed by atoms with E-state index in [1.807, 2.05) is 12.1 Å². The number of halogens is 2. The number of likely N-dealkylation sites (tertiary alicyclic amines) is 1. The molecular weight excluding hydrogens is 275 g/mol. The van der Waals surface area contributed by atoms with Crippen molar-refractivity contribution in [1.29, 1.82) is 0 Å². The van der Waals surface area contributed by atoms with E-state index in [9.17, 15) is 4.39 Å². The van der Waals surface area contributed by atoms with Crippen molar-refractivity contribution in [2.24, 2.45) is 5.73 Å². The molecule has 2 nitrogen and oxygen atoms in total. The molecule has 0 spiro atoms. The van der Waals surface area contributed by atoms with Crippen LogP contribution in [0.15, 0.2) is 18.2 Å². The predicted octanol–water partition coefficient (Wildman–Crippen LogP) is 4.13. The van der Waals surface area contributed by atoms with Crippen LogP contribution in [-0.4, -0.2) is 24.0 Å². The van der Waals surface area contributed by atoms with Crippen LogP contribution in [-0.2, 0) is 0 Å². The van der Waals surface area contributed by atoms with Crippen LogP contribution in [0.5, 0.6) is 0 Å². The van der Waals surface area contributed by atoms with Gasteiger partial charge < -0.3 is 5.73 Å². The molecular formula is C16H24ClFN2. The molecule has 0 saturated carbocycles. The van der Waals surface area contributed by atoms with Crippen molar-refractivity contribution in [3.05, 3.63) is 34.6 Å². The van der Waals surface area contributed by atoms with Gasteiger partial charge in [0.15, 0.2) is 0 Å². The number of rotatable bonds is 4. The molecule has 0 aliphatic carbocycles. The Bertz CT molecular complexity index is 438. The van der Waals surface area contributed by atoms with Crippen LogP contribution in [0.25, 0.3) is 0 Å². The minimum Gasteiger partial charge on any atom is -0.329 e. The van der Waals surface area contributed by atoms with Gasteiger partial charge in [0.05, 0.1) is 11.1 Å². The van der Waals surface area contributed by atoms with Gasteiger partial charge in [0.1, 0.15) is 5.82 Å². The largest absolute Gasteiger partial charge is 0.329 e. The highest BCUT2D eigenvalue weighted by Crippen LogP contribution is 2.32. The SMILES string of the molecule is CCC1CCCCCN1C(CN)c1cccc(Cl)c1F. The highest BCUT2D eigenvalue weighted by atomic mass is 35.5. The Hall–Kier alpha value is -0.640. The molecule has 2 N–H and O–H groups in total. The van der Waals surface area contributed by atoms with Crippen LogP contribution in [0.1, 0.15) is 50.6 Å². The number of nitrogens with zero attached hydrogens (tertiary/aromatic N) is 1. The number of hydrogen-bond donors (Lipinski definition) is 1. The molecule has 2 rings (SSSR count). The van der Waals surface area contributed by atoms with Crippen molar-refractivity contribution in [2.75, 3.05) is 13.1 Å². The number of hydrogen-bond acceptors (Lipinski definition) is 2. The first-order valence-electron chi connectivity index (χ1n) is 7.58. The zero-order valence-electron chi connectivity index (χ0n) is 12.1. The van der Waals surface area contributed by atoms with Gasteiger partial charge in [-0.2, -0.15) is 0 Å². The normalized spacial score (nSPS) is 22.5. The van der Waals surface area contributed by atoms with E-state index >= 15 is 0 Å². The van der Waals surface area contributed by atoms with Gasteiger partial charge in [-0.05, 0) is 31.9 Å². The van der Waals surface area contributed by atoms with Gasteiger partial charge in [-0.15, -0.1) is 0 Å². The highest BCUT2D eigenvalue weighted by Gasteiger charge is 2.29. The second kappa shape index (κ2) is 7.39. The van der Waals surface area contributed by atoms with E-state index in [2.05, 4.69) is 11.8 Å². The predicted molar refractivity (Wildman–Crippen MR) is 82.5 cm³/mol. The highest BCUT2D eigenvalue weighted by molar-refractivity contribution is 6.30. The zero-order valence-corrected chi connectivity index (χ0v) is 12.9. The van der Waals surface area contributed by atoms with E-state index in [1.54, 1.807) is 6.07 Å². The molecule has 4 heteroatoms. The van der Waals surface area contributed by atoms with Gasteiger partial charge in [-0.1, -0.05) is 43.5 Å². The fourth-order valence-electron chi connectivity index (χ4n) is 3.27. The molecule has 1 aliphatic rings. The van der Waals surface area contributed by atoms with Crippen molar-refractivity contribution < 1.29 is 4.39 Å². The summed E-state index contributed by atoms with van der Waals surface area (Å²) in [5.74, 6) is -0.316. The topological polar surface area (TPSA) is 29.3 Å². The molecule has 0 amide bonds. The van der Waals surface area contributed by atoms with Gasteiger partial charge in [-0.25, -0.2) is 4.39 Å². The second-order valence-electron chi connectivity index (χ2n) is 5.54. The zero-order chi connectivity index (χ0) is 14.5. The summed E-state index contributed by atoms with van der Waals surface area (Å²) in [7, 11) is 0. The summed E-state index contributed by atoms with van der Waals surface area (Å²) in [6, 6.07) is 5.63. The summed E-state index contributed by atoms with van der Waals surface area (Å²) >= 11 is 5.92. The van der Waals surface area contributed by atoms with Crippen LogP contribution in [0.2, 0.25) is 5.02 Å². The standard InChI is InChI=1S/C16H24ClFN2/c1-2-12-7-4-3-5-10-20(12)15(11-19)13-8-6-9-14(17)16(13)18/h6,8-9,12,15H,2-5,7,10-11,19H2,1H3. The Morgan fingerprint density at radius 1 is 1.40 bits per heavy atom. The molecule has 112 valence electrons. The van der Waals surface area contributed by atoms with E-state index in [4.69, 9.17) is 17.3 Å². The fraction of sp³-hybridized carbons (Fsp3) is 0.625. The molecule has 1 fully saturated rings. The lowest BCUT2D eigenvalue weighted by Crippen LogP contribution is -2.41. The molecule has 0 aromatic heterocycles. The molecule has 2 atom stereocenters. The van der Waals surface area contributed by atoms with Crippen LogP contribution in [0.3, 0.4) is 0 Å². The van der Waals surface area contributed by atoms with E-state index < -0.39 is 0 Å². The summed E-state index contributed by atoms with van der Waals surface area (Å²) in [6.45, 7) is 3.62. The van der Waals surface area contributed by atoms with Gasteiger partial charge in [0, 0.05) is 18.2 Å². The van der Waals surface area contributed by atoms with Crippen LogP contribution in [0, 0.1) is 5.82 Å². The van der Waals surface area contributed by atoms with Gasteiger partial charge in [0.2, 0.25) is 0 Å². The first-order valence-corrected chi connectivity index (χ1v) is 7.96. The van der Waals surface area contributed by atoms with Gasteiger partial charge in [0.25, 0.3) is 0 Å². The second-order valence-corrected chi connectivity index (χ2v) is 5.95. The lowest BCUT2D eigenvalue weighted by molar-refractivity contribution is 0.133. The molecule has 1 heterocycles. The van der Waals surface area contributed by atoms with Crippen LogP contribution in [0.4, 0.5) is 4.39 Å². The number of benzene rings is 1. The monoisotopic (exact) mass is 298 g/mol.